The Morgan fingerprint density at radius 3 is 2.38 bits per heavy atom. The molecule has 2 aromatic rings. The molecule has 2 rings (SSSR count). The van der Waals surface area contributed by atoms with Gasteiger partial charge >= 0.3 is 6.18 Å². The van der Waals surface area contributed by atoms with E-state index in [0.29, 0.717) is 43.1 Å². The molecule has 0 heterocycles. The molecular formula is C24H31F3N4O. The van der Waals surface area contributed by atoms with E-state index in [2.05, 4.69) is 15.6 Å². The Balaban J connectivity index is 1.93. The van der Waals surface area contributed by atoms with Crippen molar-refractivity contribution in [2.24, 2.45) is 4.99 Å². The molecule has 0 saturated carbocycles. The molecule has 2 aromatic carbocycles. The number of nitrogens with one attached hydrogen (secondary N) is 2. The number of alkyl halides is 3. The predicted molar refractivity (Wildman–Crippen MR) is 122 cm³/mol. The highest BCUT2D eigenvalue weighted by Gasteiger charge is 2.30. The molecule has 0 saturated heterocycles. The Bertz CT molecular complexity index is 908. The van der Waals surface area contributed by atoms with E-state index in [1.807, 2.05) is 26.0 Å². The minimum atomic E-state index is -4.34. The van der Waals surface area contributed by atoms with E-state index in [-0.39, 0.29) is 11.8 Å². The van der Waals surface area contributed by atoms with Gasteiger partial charge in [0, 0.05) is 32.7 Å². The number of guanidine groups is 1. The van der Waals surface area contributed by atoms with E-state index < -0.39 is 11.7 Å². The number of hydrogen-bond donors (Lipinski definition) is 2. The normalized spacial score (nSPS) is 12.9. The van der Waals surface area contributed by atoms with Gasteiger partial charge < -0.3 is 15.5 Å². The van der Waals surface area contributed by atoms with Crippen LogP contribution in [-0.4, -0.2) is 44.0 Å². The summed E-state index contributed by atoms with van der Waals surface area (Å²) in [6.07, 6.45) is -3.68. The average Bonchev–Trinajstić information content (AvgIpc) is 2.76. The zero-order valence-corrected chi connectivity index (χ0v) is 19.0. The number of nitrogens with zero attached hydrogens (tertiary/aromatic N) is 2. The Morgan fingerprint density at radius 1 is 1.09 bits per heavy atom. The second-order valence-corrected chi connectivity index (χ2v) is 7.83. The lowest BCUT2D eigenvalue weighted by molar-refractivity contribution is -0.137. The minimum Gasteiger partial charge on any atom is -0.357 e. The molecule has 0 radical (unpaired) electrons. The summed E-state index contributed by atoms with van der Waals surface area (Å²) in [5.74, 6) is 0.552. The van der Waals surface area contributed by atoms with Crippen LogP contribution in [0, 0.1) is 0 Å². The quantitative estimate of drug-likeness (QED) is 0.456. The van der Waals surface area contributed by atoms with Crippen molar-refractivity contribution >= 4 is 11.9 Å². The fraction of sp³-hybridized carbons (Fsp3) is 0.417. The van der Waals surface area contributed by atoms with Gasteiger partial charge in [-0.2, -0.15) is 13.2 Å². The molecule has 1 amide bonds. The molecule has 0 aliphatic carbocycles. The van der Waals surface area contributed by atoms with E-state index in [9.17, 15) is 18.0 Å². The molecule has 1 unspecified atom stereocenters. The van der Waals surface area contributed by atoms with Crippen molar-refractivity contribution in [2.75, 3.05) is 27.2 Å². The second-order valence-electron chi connectivity index (χ2n) is 7.83. The molecule has 0 aromatic heterocycles. The van der Waals surface area contributed by atoms with Crippen molar-refractivity contribution in [3.8, 4) is 0 Å². The molecule has 2 N–H and O–H groups in total. The van der Waals surface area contributed by atoms with Crippen LogP contribution in [0.15, 0.2) is 53.5 Å². The number of aliphatic imine (C=N–C) groups is 1. The number of amides is 1. The van der Waals surface area contributed by atoms with Crippen LogP contribution in [0.5, 0.6) is 0 Å². The molecule has 0 bridgehead atoms. The molecule has 8 heteroatoms. The summed E-state index contributed by atoms with van der Waals surface area (Å²) >= 11 is 0. The van der Waals surface area contributed by atoms with Crippen molar-refractivity contribution in [3.63, 3.8) is 0 Å². The summed E-state index contributed by atoms with van der Waals surface area (Å²) in [5, 5.41) is 6.41. The number of carbonyl (C=O) groups is 1. The van der Waals surface area contributed by atoms with Crippen LogP contribution >= 0.6 is 0 Å². The number of halogens is 3. The van der Waals surface area contributed by atoms with Crippen LogP contribution in [0.1, 0.15) is 53.2 Å². The first kappa shape index (κ1) is 25.2. The van der Waals surface area contributed by atoms with Gasteiger partial charge in [-0.3, -0.25) is 4.79 Å². The Hall–Kier alpha value is -3.03. The Labute approximate surface area is 187 Å². The third-order valence-electron chi connectivity index (χ3n) is 5.02. The third kappa shape index (κ3) is 7.59. The van der Waals surface area contributed by atoms with Gasteiger partial charge in [-0.05, 0) is 48.6 Å². The van der Waals surface area contributed by atoms with Crippen LogP contribution in [0.3, 0.4) is 0 Å². The van der Waals surface area contributed by atoms with Crippen LogP contribution in [0.4, 0.5) is 13.2 Å². The maximum atomic E-state index is 12.9. The van der Waals surface area contributed by atoms with E-state index in [1.165, 1.54) is 17.0 Å². The molecule has 174 valence electrons. The van der Waals surface area contributed by atoms with E-state index in [4.69, 9.17) is 0 Å². The summed E-state index contributed by atoms with van der Waals surface area (Å²) in [6, 6.07) is 12.8. The molecule has 1 atom stereocenters. The molecule has 32 heavy (non-hydrogen) atoms. The second kappa shape index (κ2) is 11.5. The van der Waals surface area contributed by atoms with E-state index >= 15 is 0 Å². The number of benzene rings is 2. The lowest BCUT2D eigenvalue weighted by Crippen LogP contribution is -2.38. The topological polar surface area (TPSA) is 56.7 Å². The molecule has 0 spiro atoms. The predicted octanol–water partition coefficient (Wildman–Crippen LogP) is 4.66. The van der Waals surface area contributed by atoms with Crippen LogP contribution < -0.4 is 10.6 Å². The lowest BCUT2D eigenvalue weighted by Gasteiger charge is -2.16. The van der Waals surface area contributed by atoms with Gasteiger partial charge in [-0.1, -0.05) is 37.3 Å². The first-order valence-corrected chi connectivity index (χ1v) is 10.6. The summed E-state index contributed by atoms with van der Waals surface area (Å²) in [6.45, 7) is 5.57. The van der Waals surface area contributed by atoms with Crippen LogP contribution in [-0.2, 0) is 12.7 Å². The number of carbonyl (C=O) groups excluding carboxylic acids is 1. The van der Waals surface area contributed by atoms with Crippen molar-refractivity contribution in [1.82, 2.24) is 15.5 Å². The highest BCUT2D eigenvalue weighted by molar-refractivity contribution is 5.93. The minimum absolute atomic E-state index is 0.0329. The van der Waals surface area contributed by atoms with Gasteiger partial charge in [0.15, 0.2) is 5.96 Å². The monoisotopic (exact) mass is 448 g/mol. The van der Waals surface area contributed by atoms with Gasteiger partial charge in [0.2, 0.25) is 0 Å². The maximum absolute atomic E-state index is 12.9. The van der Waals surface area contributed by atoms with Gasteiger partial charge in [0.25, 0.3) is 5.91 Å². The number of rotatable bonds is 8. The van der Waals surface area contributed by atoms with Crippen molar-refractivity contribution < 1.29 is 18.0 Å². The van der Waals surface area contributed by atoms with Gasteiger partial charge in [-0.25, -0.2) is 4.99 Å². The highest BCUT2D eigenvalue weighted by Crippen LogP contribution is 2.31. The summed E-state index contributed by atoms with van der Waals surface area (Å²) in [5.41, 5.74) is 1.63. The Kier molecular flexibility index (Phi) is 9.11. The third-order valence-corrected chi connectivity index (χ3v) is 5.02. The standard InChI is InChI=1S/C24H31F3N4O/c1-5-28-23(30-16-18-9-11-19(12-10-18)22(32)31(3)4)29-14-13-17(2)20-7-6-8-21(15-20)24(25,26)27/h6-12,15,17H,5,13-14,16H2,1-4H3,(H2,28,29,30). The summed E-state index contributed by atoms with van der Waals surface area (Å²) < 4.78 is 38.8. The average molecular weight is 449 g/mol. The SMILES string of the molecule is CCNC(=NCc1ccc(C(=O)N(C)C)cc1)NCCC(C)c1cccc(C(F)(F)F)c1. The largest absolute Gasteiger partial charge is 0.416 e. The lowest BCUT2D eigenvalue weighted by atomic mass is 9.96. The fourth-order valence-electron chi connectivity index (χ4n) is 3.12. The molecule has 0 fully saturated rings. The van der Waals surface area contributed by atoms with E-state index in [0.717, 1.165) is 11.6 Å². The first-order chi connectivity index (χ1) is 15.1. The van der Waals surface area contributed by atoms with Crippen LogP contribution in [0.25, 0.3) is 0 Å². The van der Waals surface area contributed by atoms with Crippen molar-refractivity contribution in [3.05, 3.63) is 70.8 Å². The molecule has 5 nitrogen and oxygen atoms in total. The molecular weight excluding hydrogens is 417 g/mol. The fourth-order valence-corrected chi connectivity index (χ4v) is 3.12. The first-order valence-electron chi connectivity index (χ1n) is 10.6. The number of hydrogen-bond acceptors (Lipinski definition) is 2. The van der Waals surface area contributed by atoms with Crippen molar-refractivity contribution in [2.45, 2.75) is 38.9 Å². The smallest absolute Gasteiger partial charge is 0.357 e. The zero-order chi connectivity index (χ0) is 23.7. The van der Waals surface area contributed by atoms with Crippen LogP contribution in [0.2, 0.25) is 0 Å². The summed E-state index contributed by atoms with van der Waals surface area (Å²) in [7, 11) is 3.42. The highest BCUT2D eigenvalue weighted by atomic mass is 19.4. The van der Waals surface area contributed by atoms with Gasteiger partial charge in [0.1, 0.15) is 0 Å². The Morgan fingerprint density at radius 2 is 1.78 bits per heavy atom. The van der Waals surface area contributed by atoms with E-state index in [1.54, 1.807) is 32.3 Å². The van der Waals surface area contributed by atoms with Crippen molar-refractivity contribution in [1.29, 1.82) is 0 Å². The molecule has 0 aliphatic rings. The van der Waals surface area contributed by atoms with Gasteiger partial charge in [-0.15, -0.1) is 0 Å². The van der Waals surface area contributed by atoms with Gasteiger partial charge in [0.05, 0.1) is 12.1 Å². The zero-order valence-electron chi connectivity index (χ0n) is 19.0. The summed E-state index contributed by atoms with van der Waals surface area (Å²) in [4.78, 5) is 18.1. The molecule has 0 aliphatic heterocycles. The maximum Gasteiger partial charge on any atom is 0.416 e.